The Hall–Kier alpha value is -2.48. The normalized spacial score (nSPS) is 11.7. The number of carbonyl (C=O) groups excluding carboxylic acids is 1. The predicted octanol–water partition coefficient (Wildman–Crippen LogP) is 2.77. The molecule has 0 radical (unpaired) electrons. The molecule has 0 spiro atoms. The first-order valence-corrected chi connectivity index (χ1v) is 8.56. The van der Waals surface area contributed by atoms with Crippen LogP contribution in [-0.2, 0) is 5.41 Å². The molecule has 1 aromatic carbocycles. The van der Waals surface area contributed by atoms with E-state index in [4.69, 9.17) is 0 Å². The summed E-state index contributed by atoms with van der Waals surface area (Å²) in [6.45, 7) is 6.06. The molecule has 2 heterocycles. The number of benzene rings is 1. The van der Waals surface area contributed by atoms with Crippen LogP contribution in [-0.4, -0.2) is 31.9 Å². The molecule has 0 atom stereocenters. The van der Waals surface area contributed by atoms with Gasteiger partial charge in [-0.25, -0.2) is 19.3 Å². The van der Waals surface area contributed by atoms with Gasteiger partial charge in [-0.1, -0.05) is 48.8 Å². The van der Waals surface area contributed by atoms with E-state index in [-0.39, 0.29) is 23.4 Å². The van der Waals surface area contributed by atoms with Gasteiger partial charge in [-0.15, -0.1) is 5.10 Å². The Balaban J connectivity index is 1.91. The molecule has 130 valence electrons. The van der Waals surface area contributed by atoms with Crippen LogP contribution in [0.1, 0.15) is 36.8 Å². The molecule has 0 fully saturated rings. The van der Waals surface area contributed by atoms with E-state index in [1.807, 2.05) is 32.9 Å². The van der Waals surface area contributed by atoms with Gasteiger partial charge in [-0.3, -0.25) is 4.79 Å². The second-order valence-corrected chi connectivity index (χ2v) is 7.65. The van der Waals surface area contributed by atoms with Crippen molar-refractivity contribution in [3.05, 3.63) is 56.7 Å². The van der Waals surface area contributed by atoms with Gasteiger partial charge in [0.05, 0.1) is 12.2 Å². The van der Waals surface area contributed by atoms with Crippen LogP contribution in [0.3, 0.4) is 0 Å². The van der Waals surface area contributed by atoms with Gasteiger partial charge >= 0.3 is 5.69 Å². The zero-order valence-electron chi connectivity index (χ0n) is 14.1. The third-order valence-electron chi connectivity index (χ3n) is 3.75. The summed E-state index contributed by atoms with van der Waals surface area (Å²) < 4.78 is 2.31. The molecule has 0 unspecified atom stereocenters. The molecule has 25 heavy (non-hydrogen) atoms. The molecule has 8 heteroatoms. The van der Waals surface area contributed by atoms with Crippen LogP contribution in [0.15, 0.2) is 39.7 Å². The smallest absolute Gasteiger partial charge is 0.347 e. The zero-order valence-corrected chi connectivity index (χ0v) is 15.7. The second kappa shape index (κ2) is 6.44. The van der Waals surface area contributed by atoms with Gasteiger partial charge in [0.2, 0.25) is 5.65 Å². The van der Waals surface area contributed by atoms with E-state index < -0.39 is 0 Å². The Kier molecular flexibility index (Phi) is 4.47. The predicted molar refractivity (Wildman–Crippen MR) is 99.3 cm³/mol. The molecule has 0 aliphatic carbocycles. The number of anilines is 1. The maximum Gasteiger partial charge on any atom is 0.347 e. The van der Waals surface area contributed by atoms with E-state index in [0.717, 1.165) is 10.2 Å². The van der Waals surface area contributed by atoms with Crippen molar-refractivity contribution in [1.82, 2.24) is 19.6 Å². The maximum absolute atomic E-state index is 12.4. The minimum absolute atomic E-state index is 0.0545. The second-order valence-electron chi connectivity index (χ2n) is 6.73. The number of H-pyrrole nitrogens is 1. The standard InChI is InChI=1S/C17H18BrN5O2/c1-17(2,3)13-9-23-15(21-22-16(23)25)14(20-13)19-8-12(24)10-4-6-11(18)7-5-10/h4-7,9H,8H2,1-3H3,(H,19,20)(H,22,25). The third-order valence-corrected chi connectivity index (χ3v) is 4.28. The summed E-state index contributed by atoms with van der Waals surface area (Å²) in [5.41, 5.74) is 1.09. The van der Waals surface area contributed by atoms with Gasteiger partial charge < -0.3 is 5.32 Å². The number of hydrogen-bond donors (Lipinski definition) is 2. The first kappa shape index (κ1) is 17.3. The Morgan fingerprint density at radius 2 is 1.96 bits per heavy atom. The molecule has 0 saturated heterocycles. The van der Waals surface area contributed by atoms with Crippen molar-refractivity contribution in [2.45, 2.75) is 26.2 Å². The number of rotatable bonds is 4. The fourth-order valence-electron chi connectivity index (χ4n) is 2.29. The zero-order chi connectivity index (χ0) is 18.2. The van der Waals surface area contributed by atoms with E-state index in [0.29, 0.717) is 17.0 Å². The summed E-state index contributed by atoms with van der Waals surface area (Å²) in [7, 11) is 0. The van der Waals surface area contributed by atoms with Gasteiger partial charge in [0.25, 0.3) is 0 Å². The number of aromatic nitrogens is 4. The van der Waals surface area contributed by atoms with Crippen molar-refractivity contribution in [3.63, 3.8) is 0 Å². The summed E-state index contributed by atoms with van der Waals surface area (Å²) in [5, 5.41) is 9.41. The van der Waals surface area contributed by atoms with Crippen molar-refractivity contribution in [2.24, 2.45) is 0 Å². The minimum Gasteiger partial charge on any atom is -0.359 e. The number of nitrogens with zero attached hydrogens (tertiary/aromatic N) is 3. The lowest BCUT2D eigenvalue weighted by atomic mass is 9.93. The number of hydrogen-bond acceptors (Lipinski definition) is 5. The topological polar surface area (TPSA) is 92.1 Å². The van der Waals surface area contributed by atoms with Crippen LogP contribution in [0.2, 0.25) is 0 Å². The van der Waals surface area contributed by atoms with Gasteiger partial charge in [0.1, 0.15) is 0 Å². The first-order valence-electron chi connectivity index (χ1n) is 7.76. The van der Waals surface area contributed by atoms with E-state index >= 15 is 0 Å². The number of fused-ring (bicyclic) bond motifs is 1. The number of ketones is 1. The van der Waals surface area contributed by atoms with Gasteiger partial charge in [0.15, 0.2) is 11.6 Å². The van der Waals surface area contributed by atoms with Crippen molar-refractivity contribution in [1.29, 1.82) is 0 Å². The summed E-state index contributed by atoms with van der Waals surface area (Å²) in [6, 6.07) is 7.14. The highest BCUT2D eigenvalue weighted by Gasteiger charge is 2.20. The highest BCUT2D eigenvalue weighted by Crippen LogP contribution is 2.22. The Labute approximate surface area is 152 Å². The van der Waals surface area contributed by atoms with Crippen LogP contribution < -0.4 is 11.0 Å². The fraction of sp³-hybridized carbons (Fsp3) is 0.294. The van der Waals surface area contributed by atoms with Crippen LogP contribution in [0, 0.1) is 0 Å². The summed E-state index contributed by atoms with van der Waals surface area (Å²) in [5.74, 6) is 0.322. The van der Waals surface area contributed by atoms with E-state index in [1.54, 1.807) is 18.3 Å². The van der Waals surface area contributed by atoms with Crippen LogP contribution >= 0.6 is 15.9 Å². The SMILES string of the molecule is CC(C)(C)c1cn2c(=O)[nH]nc2c(NCC(=O)c2ccc(Br)cc2)n1. The summed E-state index contributed by atoms with van der Waals surface area (Å²) in [4.78, 5) is 28.8. The maximum atomic E-state index is 12.4. The number of nitrogens with one attached hydrogen (secondary N) is 2. The molecular formula is C17H18BrN5O2. The fourth-order valence-corrected chi connectivity index (χ4v) is 2.56. The molecule has 3 aromatic rings. The Morgan fingerprint density at radius 3 is 2.60 bits per heavy atom. The number of halogens is 1. The van der Waals surface area contributed by atoms with Crippen LogP contribution in [0.25, 0.3) is 5.65 Å². The van der Waals surface area contributed by atoms with Crippen molar-refractivity contribution < 1.29 is 4.79 Å². The van der Waals surface area contributed by atoms with E-state index in [1.165, 1.54) is 4.40 Å². The monoisotopic (exact) mass is 403 g/mol. The molecule has 0 aliphatic heterocycles. The number of carbonyl (C=O) groups is 1. The van der Waals surface area contributed by atoms with Gasteiger partial charge in [-0.05, 0) is 12.1 Å². The molecule has 7 nitrogen and oxygen atoms in total. The molecule has 0 aliphatic rings. The first-order chi connectivity index (χ1) is 11.8. The quantitative estimate of drug-likeness (QED) is 0.653. The number of aromatic amines is 1. The summed E-state index contributed by atoms with van der Waals surface area (Å²) >= 11 is 3.35. The van der Waals surface area contributed by atoms with Gasteiger partial charge in [0, 0.05) is 21.6 Å². The molecule has 0 saturated carbocycles. The molecular weight excluding hydrogens is 386 g/mol. The average Bonchev–Trinajstić information content (AvgIpc) is 2.93. The highest BCUT2D eigenvalue weighted by molar-refractivity contribution is 9.10. The lowest BCUT2D eigenvalue weighted by molar-refractivity contribution is 0.101. The van der Waals surface area contributed by atoms with Crippen molar-refractivity contribution >= 4 is 33.2 Å². The van der Waals surface area contributed by atoms with E-state index in [9.17, 15) is 9.59 Å². The van der Waals surface area contributed by atoms with Crippen LogP contribution in [0.4, 0.5) is 5.82 Å². The van der Waals surface area contributed by atoms with Crippen molar-refractivity contribution in [2.75, 3.05) is 11.9 Å². The van der Waals surface area contributed by atoms with Crippen molar-refractivity contribution in [3.8, 4) is 0 Å². The van der Waals surface area contributed by atoms with Crippen LogP contribution in [0.5, 0.6) is 0 Å². The molecule has 2 N–H and O–H groups in total. The van der Waals surface area contributed by atoms with Gasteiger partial charge in [-0.2, -0.15) is 0 Å². The lowest BCUT2D eigenvalue weighted by Crippen LogP contribution is -2.21. The highest BCUT2D eigenvalue weighted by atomic mass is 79.9. The largest absolute Gasteiger partial charge is 0.359 e. The Bertz CT molecular complexity index is 983. The molecule has 3 rings (SSSR count). The molecule has 2 aromatic heterocycles. The third kappa shape index (κ3) is 3.63. The van der Waals surface area contributed by atoms with E-state index in [2.05, 4.69) is 36.4 Å². The molecule has 0 amide bonds. The molecule has 0 bridgehead atoms. The summed E-state index contributed by atoms with van der Waals surface area (Å²) in [6.07, 6.45) is 1.67. The average molecular weight is 404 g/mol. The Morgan fingerprint density at radius 1 is 1.28 bits per heavy atom. The minimum atomic E-state index is -0.342. The number of Topliss-reactive ketones (excluding diaryl/α,β-unsaturated/α-hetero) is 1. The lowest BCUT2D eigenvalue weighted by Gasteiger charge is -2.19.